The Balaban J connectivity index is 1.73. The molecule has 0 unspecified atom stereocenters. The first-order valence-corrected chi connectivity index (χ1v) is 8.58. The molecule has 128 valence electrons. The Morgan fingerprint density at radius 3 is 1.96 bits per heavy atom. The van der Waals surface area contributed by atoms with Gasteiger partial charge >= 0.3 is 0 Å². The van der Waals surface area contributed by atoms with Crippen LogP contribution >= 0.6 is 0 Å². The van der Waals surface area contributed by atoms with E-state index in [-0.39, 0.29) is 29.1 Å². The van der Waals surface area contributed by atoms with Gasteiger partial charge in [0.25, 0.3) is 17.7 Å². The second kappa shape index (κ2) is 6.04. The van der Waals surface area contributed by atoms with E-state index < -0.39 is 5.91 Å². The van der Waals surface area contributed by atoms with Crippen LogP contribution in [0.25, 0.3) is 0 Å². The number of amides is 3. The number of benzene rings is 1. The fraction of sp³-hybridized carbons (Fsp3) is 0.526. The predicted molar refractivity (Wildman–Crippen MR) is 89.9 cm³/mol. The monoisotopic (exact) mass is 328 g/mol. The quantitative estimate of drug-likeness (QED) is 0.849. The summed E-state index contributed by atoms with van der Waals surface area (Å²) in [6, 6.07) is 7.27. The molecule has 1 aliphatic carbocycles. The molecule has 1 saturated heterocycles. The van der Waals surface area contributed by atoms with Crippen molar-refractivity contribution in [2.75, 3.05) is 0 Å². The normalized spacial score (nSPS) is 24.0. The van der Waals surface area contributed by atoms with E-state index in [1.54, 1.807) is 12.1 Å². The average molecular weight is 328 g/mol. The summed E-state index contributed by atoms with van der Waals surface area (Å²) in [6.45, 7) is 6.31. The lowest BCUT2D eigenvalue weighted by molar-refractivity contribution is -0.142. The van der Waals surface area contributed by atoms with Crippen molar-refractivity contribution in [3.8, 4) is 0 Å². The summed E-state index contributed by atoms with van der Waals surface area (Å²) in [5.41, 5.74) is 4.08. The maximum atomic E-state index is 12.4. The molecule has 0 radical (unpaired) electrons. The lowest BCUT2D eigenvalue weighted by Crippen LogP contribution is -2.46. The van der Waals surface area contributed by atoms with E-state index in [4.69, 9.17) is 0 Å². The van der Waals surface area contributed by atoms with E-state index in [1.807, 2.05) is 12.1 Å². The number of nitrogens with one attached hydrogen (secondary N) is 1. The third-order valence-corrected chi connectivity index (χ3v) is 5.07. The Morgan fingerprint density at radius 2 is 1.50 bits per heavy atom. The van der Waals surface area contributed by atoms with Crippen LogP contribution in [0.5, 0.6) is 0 Å². The molecule has 1 aliphatic heterocycles. The highest BCUT2D eigenvalue weighted by molar-refractivity contribution is 6.07. The van der Waals surface area contributed by atoms with Gasteiger partial charge in [-0.15, -0.1) is 0 Å². The Kier molecular flexibility index (Phi) is 4.20. The van der Waals surface area contributed by atoms with Crippen LogP contribution in [0, 0.1) is 11.8 Å². The van der Waals surface area contributed by atoms with Crippen LogP contribution in [-0.4, -0.2) is 22.7 Å². The van der Waals surface area contributed by atoms with Gasteiger partial charge in [-0.1, -0.05) is 45.7 Å². The van der Waals surface area contributed by atoms with Crippen LogP contribution < -0.4 is 5.43 Å². The van der Waals surface area contributed by atoms with Crippen LogP contribution in [0.15, 0.2) is 24.3 Å². The summed E-state index contributed by atoms with van der Waals surface area (Å²) in [6.07, 6.45) is 3.41. The lowest BCUT2D eigenvalue weighted by Gasteiger charge is -2.19. The highest BCUT2D eigenvalue weighted by atomic mass is 16.2. The second-order valence-electron chi connectivity index (χ2n) is 7.78. The van der Waals surface area contributed by atoms with Crippen molar-refractivity contribution in [3.63, 3.8) is 0 Å². The molecule has 2 fully saturated rings. The topological polar surface area (TPSA) is 66.5 Å². The second-order valence-corrected chi connectivity index (χ2v) is 7.78. The smallest absolute Gasteiger partial charge is 0.270 e. The highest BCUT2D eigenvalue weighted by Gasteiger charge is 2.49. The van der Waals surface area contributed by atoms with Gasteiger partial charge in [-0.3, -0.25) is 19.8 Å². The summed E-state index contributed by atoms with van der Waals surface area (Å²) in [7, 11) is 0. The maximum Gasteiger partial charge on any atom is 0.270 e. The molecule has 1 heterocycles. The molecule has 1 saturated carbocycles. The zero-order chi connectivity index (χ0) is 17.5. The van der Waals surface area contributed by atoms with Gasteiger partial charge in [0.1, 0.15) is 0 Å². The first kappa shape index (κ1) is 16.7. The van der Waals surface area contributed by atoms with Gasteiger partial charge in [-0.25, -0.2) is 0 Å². The summed E-state index contributed by atoms with van der Waals surface area (Å²) in [4.78, 5) is 37.2. The van der Waals surface area contributed by atoms with Gasteiger partial charge in [0.05, 0.1) is 11.8 Å². The Bertz CT molecular complexity index is 649. The van der Waals surface area contributed by atoms with Crippen LogP contribution in [-0.2, 0) is 15.0 Å². The van der Waals surface area contributed by atoms with Crippen LogP contribution in [0.4, 0.5) is 0 Å². The molecule has 0 bridgehead atoms. The number of rotatable bonds is 2. The Hall–Kier alpha value is -2.17. The molecule has 1 aromatic rings. The summed E-state index contributed by atoms with van der Waals surface area (Å²) >= 11 is 0. The van der Waals surface area contributed by atoms with Crippen LogP contribution in [0.2, 0.25) is 0 Å². The predicted octanol–water partition coefficient (Wildman–Crippen LogP) is 2.80. The van der Waals surface area contributed by atoms with Crippen molar-refractivity contribution in [3.05, 3.63) is 35.4 Å². The van der Waals surface area contributed by atoms with Crippen molar-refractivity contribution in [2.45, 2.75) is 51.9 Å². The van der Waals surface area contributed by atoms with Gasteiger partial charge in [0, 0.05) is 5.56 Å². The van der Waals surface area contributed by atoms with Gasteiger partial charge < -0.3 is 0 Å². The van der Waals surface area contributed by atoms with Crippen molar-refractivity contribution < 1.29 is 14.4 Å². The number of carbonyl (C=O) groups is 3. The molecular formula is C19H24N2O3. The van der Waals surface area contributed by atoms with E-state index in [0.29, 0.717) is 5.56 Å². The average Bonchev–Trinajstić information content (AvgIpc) is 2.79. The Labute approximate surface area is 142 Å². The SMILES string of the molecule is CC(C)(C)c1ccc(C(=O)NN2C(=O)[C@H]3CCCC[C@H]3C2=O)cc1. The minimum absolute atomic E-state index is 0.00554. The van der Waals surface area contributed by atoms with Crippen molar-refractivity contribution >= 4 is 17.7 Å². The van der Waals surface area contributed by atoms with E-state index in [0.717, 1.165) is 36.3 Å². The molecule has 0 spiro atoms. The molecule has 1 N–H and O–H groups in total. The molecule has 2 aliphatic rings. The van der Waals surface area contributed by atoms with Gasteiger partial charge in [-0.05, 0) is 36.0 Å². The van der Waals surface area contributed by atoms with Crippen molar-refractivity contribution in [1.82, 2.24) is 10.4 Å². The Morgan fingerprint density at radius 1 is 1.00 bits per heavy atom. The minimum Gasteiger partial charge on any atom is -0.272 e. The zero-order valence-corrected chi connectivity index (χ0v) is 14.5. The fourth-order valence-corrected chi connectivity index (χ4v) is 3.56. The third-order valence-electron chi connectivity index (χ3n) is 5.07. The van der Waals surface area contributed by atoms with Crippen molar-refractivity contribution in [2.24, 2.45) is 11.8 Å². The molecule has 2 atom stereocenters. The molecular weight excluding hydrogens is 304 g/mol. The number of fused-ring (bicyclic) bond motifs is 1. The van der Waals surface area contributed by atoms with E-state index in [1.165, 1.54) is 0 Å². The van der Waals surface area contributed by atoms with E-state index in [9.17, 15) is 14.4 Å². The van der Waals surface area contributed by atoms with Gasteiger partial charge in [-0.2, -0.15) is 5.01 Å². The zero-order valence-electron chi connectivity index (χ0n) is 14.5. The molecule has 5 heteroatoms. The molecule has 0 aromatic heterocycles. The molecule has 24 heavy (non-hydrogen) atoms. The fourth-order valence-electron chi connectivity index (χ4n) is 3.56. The first-order valence-electron chi connectivity index (χ1n) is 8.58. The van der Waals surface area contributed by atoms with Gasteiger partial charge in [0.15, 0.2) is 0 Å². The number of hydrogen-bond acceptors (Lipinski definition) is 3. The van der Waals surface area contributed by atoms with E-state index in [2.05, 4.69) is 26.2 Å². The summed E-state index contributed by atoms with van der Waals surface area (Å²) in [5, 5.41) is 0.945. The standard InChI is InChI=1S/C19H24N2O3/c1-19(2,3)13-10-8-12(9-11-13)16(22)20-21-17(23)14-6-4-5-7-15(14)18(21)24/h8-11,14-15H,4-7H2,1-3H3,(H,20,22)/t14-,15+. The highest BCUT2D eigenvalue weighted by Crippen LogP contribution is 2.37. The first-order chi connectivity index (χ1) is 11.3. The minimum atomic E-state index is -0.421. The number of hydrogen-bond donors (Lipinski definition) is 1. The summed E-state index contributed by atoms with van der Waals surface area (Å²) in [5.74, 6) is -1.45. The number of nitrogens with zero attached hydrogens (tertiary/aromatic N) is 1. The maximum absolute atomic E-state index is 12.4. The third kappa shape index (κ3) is 2.95. The van der Waals surface area contributed by atoms with Gasteiger partial charge in [0.2, 0.25) is 0 Å². The van der Waals surface area contributed by atoms with Crippen LogP contribution in [0.3, 0.4) is 0 Å². The number of imide groups is 1. The molecule has 5 nitrogen and oxygen atoms in total. The number of hydrazine groups is 1. The molecule has 1 aromatic carbocycles. The van der Waals surface area contributed by atoms with Crippen molar-refractivity contribution in [1.29, 1.82) is 0 Å². The lowest BCUT2D eigenvalue weighted by atomic mass is 9.81. The molecule has 3 amide bonds. The largest absolute Gasteiger partial charge is 0.272 e. The van der Waals surface area contributed by atoms with E-state index >= 15 is 0 Å². The summed E-state index contributed by atoms with van der Waals surface area (Å²) < 4.78 is 0. The van der Waals surface area contributed by atoms with Crippen LogP contribution in [0.1, 0.15) is 62.4 Å². The number of carbonyl (C=O) groups excluding carboxylic acids is 3. The molecule has 3 rings (SSSR count).